The summed E-state index contributed by atoms with van der Waals surface area (Å²) >= 11 is 3.43. The number of alkyl halides is 1. The van der Waals surface area contributed by atoms with Gasteiger partial charge in [0.05, 0.1) is 0 Å². The van der Waals surface area contributed by atoms with Crippen molar-refractivity contribution in [2.75, 3.05) is 5.33 Å². The quantitative estimate of drug-likeness (QED) is 0.263. The summed E-state index contributed by atoms with van der Waals surface area (Å²) in [7, 11) is 0. The van der Waals surface area contributed by atoms with Crippen molar-refractivity contribution in [2.45, 2.75) is 51.4 Å². The van der Waals surface area contributed by atoms with E-state index >= 15 is 0 Å². The Balaban J connectivity index is 2.27. The fourth-order valence-corrected chi connectivity index (χ4v) is 2.64. The monoisotopic (exact) mass is 358 g/mol. The van der Waals surface area contributed by atoms with Crippen LogP contribution in [0.1, 0.15) is 50.5 Å². The first-order chi connectivity index (χ1) is 10.1. The minimum absolute atomic E-state index is 0.00905. The molecule has 0 bridgehead atoms. The molecule has 0 aliphatic carbocycles. The number of carbonyl (C=O) groups is 1. The first kappa shape index (κ1) is 17.8. The molecule has 0 fully saturated rings. The van der Waals surface area contributed by atoms with E-state index in [0.717, 1.165) is 30.2 Å². The van der Waals surface area contributed by atoms with Crippen molar-refractivity contribution in [3.63, 3.8) is 0 Å². The maximum atomic E-state index is 10.5. The van der Waals surface area contributed by atoms with Gasteiger partial charge in [0.2, 0.25) is 0 Å². The molecule has 0 saturated heterocycles. The zero-order chi connectivity index (χ0) is 15.5. The van der Waals surface area contributed by atoms with Crippen molar-refractivity contribution in [1.82, 2.24) is 0 Å². The highest BCUT2D eigenvalue weighted by molar-refractivity contribution is 9.09. The summed E-state index contributed by atoms with van der Waals surface area (Å²) in [4.78, 5) is 10.5. The molecule has 2 N–H and O–H groups in total. The van der Waals surface area contributed by atoms with Gasteiger partial charge in [0, 0.05) is 5.33 Å². The highest BCUT2D eigenvalue weighted by atomic mass is 79.9. The van der Waals surface area contributed by atoms with Crippen molar-refractivity contribution in [1.29, 1.82) is 0 Å². The van der Waals surface area contributed by atoms with Crippen LogP contribution in [0.4, 0.5) is 4.79 Å². The molecule has 21 heavy (non-hydrogen) atoms. The predicted octanol–water partition coefficient (Wildman–Crippen LogP) is 5.12. The lowest BCUT2D eigenvalue weighted by molar-refractivity contribution is 0.143. The average molecular weight is 359 g/mol. The SMILES string of the molecule is O=C(O)Oc1cccc(CCCCCCCCCBr)c1O. The van der Waals surface area contributed by atoms with Gasteiger partial charge in [-0.1, -0.05) is 60.2 Å². The van der Waals surface area contributed by atoms with E-state index in [-0.39, 0.29) is 11.5 Å². The Kier molecular flexibility index (Phi) is 8.90. The molecule has 1 aromatic rings. The molecule has 0 heterocycles. The number of benzene rings is 1. The first-order valence-corrected chi connectivity index (χ1v) is 8.55. The minimum Gasteiger partial charge on any atom is -0.504 e. The minimum atomic E-state index is -1.41. The van der Waals surface area contributed by atoms with Crippen LogP contribution in [0.5, 0.6) is 11.5 Å². The van der Waals surface area contributed by atoms with Gasteiger partial charge in [0.25, 0.3) is 0 Å². The summed E-state index contributed by atoms with van der Waals surface area (Å²) in [6.07, 6.45) is 7.69. The van der Waals surface area contributed by atoms with E-state index in [9.17, 15) is 9.90 Å². The maximum Gasteiger partial charge on any atom is 0.511 e. The van der Waals surface area contributed by atoms with E-state index in [1.54, 1.807) is 12.1 Å². The smallest absolute Gasteiger partial charge is 0.504 e. The van der Waals surface area contributed by atoms with Crippen molar-refractivity contribution in [2.24, 2.45) is 0 Å². The summed E-state index contributed by atoms with van der Waals surface area (Å²) in [6.45, 7) is 0. The van der Waals surface area contributed by atoms with Crippen LogP contribution >= 0.6 is 15.9 Å². The summed E-state index contributed by atoms with van der Waals surface area (Å²) in [5, 5.41) is 19.6. The van der Waals surface area contributed by atoms with Gasteiger partial charge in [-0.2, -0.15) is 0 Å². The molecule has 0 aliphatic rings. The average Bonchev–Trinajstić information content (AvgIpc) is 2.45. The first-order valence-electron chi connectivity index (χ1n) is 7.42. The van der Waals surface area contributed by atoms with Crippen LogP contribution in [0.15, 0.2) is 18.2 Å². The number of ether oxygens (including phenoxy) is 1. The van der Waals surface area contributed by atoms with E-state index in [4.69, 9.17) is 5.11 Å². The van der Waals surface area contributed by atoms with Gasteiger partial charge in [-0.05, 0) is 30.9 Å². The van der Waals surface area contributed by atoms with Crippen molar-refractivity contribution < 1.29 is 19.7 Å². The molecule has 118 valence electrons. The van der Waals surface area contributed by atoms with Crippen molar-refractivity contribution >= 4 is 22.1 Å². The van der Waals surface area contributed by atoms with Gasteiger partial charge in [0.15, 0.2) is 11.5 Å². The highest BCUT2D eigenvalue weighted by Crippen LogP contribution is 2.31. The molecule has 0 atom stereocenters. The van der Waals surface area contributed by atoms with Crippen LogP contribution in [-0.4, -0.2) is 21.7 Å². The lowest BCUT2D eigenvalue weighted by Gasteiger charge is -2.08. The van der Waals surface area contributed by atoms with Crippen molar-refractivity contribution in [3.05, 3.63) is 23.8 Å². The van der Waals surface area contributed by atoms with Crippen LogP contribution < -0.4 is 4.74 Å². The van der Waals surface area contributed by atoms with Gasteiger partial charge >= 0.3 is 6.16 Å². The molecule has 0 amide bonds. The van der Waals surface area contributed by atoms with Gasteiger partial charge < -0.3 is 14.9 Å². The number of hydrogen-bond donors (Lipinski definition) is 2. The normalized spacial score (nSPS) is 10.5. The second-order valence-electron chi connectivity index (χ2n) is 5.05. The molecule has 0 aliphatic heterocycles. The van der Waals surface area contributed by atoms with Crippen LogP contribution in [0.25, 0.3) is 0 Å². The number of phenolic OH excluding ortho intramolecular Hbond substituents is 1. The van der Waals surface area contributed by atoms with Crippen LogP contribution in [0.2, 0.25) is 0 Å². The van der Waals surface area contributed by atoms with Gasteiger partial charge in [-0.3, -0.25) is 0 Å². The van der Waals surface area contributed by atoms with E-state index in [2.05, 4.69) is 20.7 Å². The molecule has 5 heteroatoms. The number of rotatable bonds is 10. The van der Waals surface area contributed by atoms with Gasteiger partial charge in [-0.25, -0.2) is 4.79 Å². The molecule has 1 rings (SSSR count). The third-order valence-electron chi connectivity index (χ3n) is 3.36. The summed E-state index contributed by atoms with van der Waals surface area (Å²) in [6, 6.07) is 4.96. The second-order valence-corrected chi connectivity index (χ2v) is 5.84. The van der Waals surface area contributed by atoms with E-state index in [1.807, 2.05) is 0 Å². The van der Waals surface area contributed by atoms with Gasteiger partial charge in [0.1, 0.15) is 0 Å². The van der Waals surface area contributed by atoms with E-state index < -0.39 is 6.16 Å². The summed E-state index contributed by atoms with van der Waals surface area (Å²) in [5.74, 6) is -0.0491. The highest BCUT2D eigenvalue weighted by Gasteiger charge is 2.10. The Morgan fingerprint density at radius 2 is 1.67 bits per heavy atom. The zero-order valence-electron chi connectivity index (χ0n) is 12.2. The Labute approximate surface area is 134 Å². The summed E-state index contributed by atoms with van der Waals surface area (Å²) in [5.41, 5.74) is 0.744. The Morgan fingerprint density at radius 3 is 2.29 bits per heavy atom. The molecular weight excluding hydrogens is 336 g/mol. The fraction of sp³-hybridized carbons (Fsp3) is 0.562. The number of hydrogen-bond acceptors (Lipinski definition) is 3. The predicted molar refractivity (Wildman–Crippen MR) is 86.6 cm³/mol. The van der Waals surface area contributed by atoms with Crippen molar-refractivity contribution in [3.8, 4) is 11.5 Å². The number of aryl methyl sites for hydroxylation is 1. The molecule has 0 aromatic heterocycles. The second kappa shape index (κ2) is 10.5. The Morgan fingerprint density at radius 1 is 1.05 bits per heavy atom. The molecular formula is C16H23BrO4. The molecule has 1 aromatic carbocycles. The van der Waals surface area contributed by atoms with Crippen LogP contribution in [0, 0.1) is 0 Å². The lowest BCUT2D eigenvalue weighted by Crippen LogP contribution is -2.03. The maximum absolute atomic E-state index is 10.5. The van der Waals surface area contributed by atoms with Crippen LogP contribution in [0.3, 0.4) is 0 Å². The Bertz CT molecular complexity index is 434. The number of halogens is 1. The van der Waals surface area contributed by atoms with Crippen LogP contribution in [-0.2, 0) is 6.42 Å². The topological polar surface area (TPSA) is 66.8 Å². The number of aromatic hydroxyl groups is 1. The third-order valence-corrected chi connectivity index (χ3v) is 3.92. The molecule has 0 saturated carbocycles. The third kappa shape index (κ3) is 7.37. The fourth-order valence-electron chi connectivity index (χ4n) is 2.24. The Hall–Kier alpha value is -1.23. The number of phenols is 1. The van der Waals surface area contributed by atoms with Gasteiger partial charge in [-0.15, -0.1) is 0 Å². The van der Waals surface area contributed by atoms with E-state index in [0.29, 0.717) is 0 Å². The summed E-state index contributed by atoms with van der Waals surface area (Å²) < 4.78 is 4.53. The molecule has 0 radical (unpaired) electrons. The molecule has 4 nitrogen and oxygen atoms in total. The van der Waals surface area contributed by atoms with E-state index in [1.165, 1.54) is 38.2 Å². The molecule has 0 unspecified atom stereocenters. The number of unbranched alkanes of at least 4 members (excludes halogenated alkanes) is 6. The largest absolute Gasteiger partial charge is 0.511 e. The standard InChI is InChI=1S/C16H23BrO4/c17-12-7-5-3-1-2-4-6-9-13-10-8-11-14(15(13)18)21-16(19)20/h8,10-11,18H,1-7,9,12H2,(H,19,20). The lowest BCUT2D eigenvalue weighted by atomic mass is 10.0. The molecule has 0 spiro atoms. The number of para-hydroxylation sites is 1. The zero-order valence-corrected chi connectivity index (χ0v) is 13.8. The number of carboxylic acid groups (broad SMARTS) is 1.